The summed E-state index contributed by atoms with van der Waals surface area (Å²) in [7, 11) is -2.35. The molecule has 0 spiro atoms. The molecule has 0 aliphatic carbocycles. The van der Waals surface area contributed by atoms with Gasteiger partial charge in [-0.2, -0.15) is 0 Å². The maximum atomic E-state index is 8.56. The summed E-state index contributed by atoms with van der Waals surface area (Å²) in [6.45, 7) is 10.3. The van der Waals surface area contributed by atoms with E-state index in [1.54, 1.807) is 0 Å². The molecular weight excluding hydrogens is 300 g/mol. The Morgan fingerprint density at radius 2 is 1.35 bits per heavy atom. The summed E-state index contributed by atoms with van der Waals surface area (Å²) in [5.74, 6) is 0. The molecule has 0 aromatic carbocycles. The third kappa shape index (κ3) is 14.6. The summed E-state index contributed by atoms with van der Waals surface area (Å²) in [6.07, 6.45) is 4.94. The molecule has 1 N–H and O–H groups in total. The highest BCUT2D eigenvalue weighted by molar-refractivity contribution is 7.73. The second-order valence-electron chi connectivity index (χ2n) is 4.01. The van der Waals surface area contributed by atoms with Gasteiger partial charge in [0.25, 0.3) is 0 Å². The Morgan fingerprint density at radius 1 is 0.950 bits per heavy atom. The Hall–Kier alpha value is 0.167. The predicted octanol–water partition coefficient (Wildman–Crippen LogP) is 2.95. The van der Waals surface area contributed by atoms with Gasteiger partial charge < -0.3 is 22.4 Å². The maximum absolute atomic E-state index is 8.56. The summed E-state index contributed by atoms with van der Waals surface area (Å²) in [4.78, 5) is 0. The first-order chi connectivity index (χ1) is 9.47. The lowest BCUT2D eigenvalue weighted by Crippen LogP contribution is -2.45. The summed E-state index contributed by atoms with van der Waals surface area (Å²) in [6, 6.07) is 0.961. The van der Waals surface area contributed by atoms with Gasteiger partial charge in [0.1, 0.15) is 0 Å². The van der Waals surface area contributed by atoms with Crippen molar-refractivity contribution in [3.63, 3.8) is 0 Å². The molecule has 8 heteroatoms. The average molecular weight is 330 g/mol. The Bertz CT molecular complexity index is 209. The van der Waals surface area contributed by atoms with Crippen LogP contribution in [0.5, 0.6) is 0 Å². The van der Waals surface area contributed by atoms with Crippen molar-refractivity contribution >= 4 is 20.2 Å². The van der Waals surface area contributed by atoms with Crippen LogP contribution in [0.4, 0.5) is 0 Å². The van der Waals surface area contributed by atoms with Gasteiger partial charge in [0.15, 0.2) is 0 Å². The van der Waals surface area contributed by atoms with Gasteiger partial charge in [-0.05, 0) is 27.2 Å². The zero-order valence-corrected chi connectivity index (χ0v) is 14.9. The van der Waals surface area contributed by atoms with Crippen molar-refractivity contribution in [1.82, 2.24) is 0 Å². The number of hydrogen-bond donors (Lipinski definition) is 1. The Kier molecular flexibility index (Phi) is 17.5. The normalized spacial score (nSPS) is 12.7. The van der Waals surface area contributed by atoms with Crippen LogP contribution in [-0.2, 0) is 24.6 Å². The zero-order chi connectivity index (χ0) is 15.9. The topological polar surface area (TPSA) is 88.1 Å². The first kappa shape index (κ1) is 22.4. The fourth-order valence-electron chi connectivity index (χ4n) is 1.77. The van der Waals surface area contributed by atoms with Crippen LogP contribution in [0.15, 0.2) is 0 Å². The summed E-state index contributed by atoms with van der Waals surface area (Å²) in [5, 5.41) is 0. The molecule has 0 radical (unpaired) electrons. The molecule has 124 valence electrons. The van der Waals surface area contributed by atoms with Crippen molar-refractivity contribution in [2.24, 2.45) is 0 Å². The van der Waals surface area contributed by atoms with Crippen LogP contribution in [0.2, 0.25) is 6.04 Å². The molecule has 0 rings (SSSR count). The van der Waals surface area contributed by atoms with E-state index < -0.39 is 20.2 Å². The number of hydrogen-bond acceptors (Lipinski definition) is 5. The SMILES string of the molecule is CCCCCC[Si](OCC)(OCC)OCC.O=S([O-])O. The molecule has 0 aromatic heterocycles. The van der Waals surface area contributed by atoms with Crippen molar-refractivity contribution in [2.75, 3.05) is 19.8 Å². The minimum atomic E-state index is -2.86. The molecule has 0 saturated carbocycles. The van der Waals surface area contributed by atoms with E-state index in [-0.39, 0.29) is 0 Å². The Labute approximate surface area is 126 Å². The van der Waals surface area contributed by atoms with E-state index in [0.717, 1.165) is 12.5 Å². The lowest BCUT2D eigenvalue weighted by molar-refractivity contribution is 0.0706. The van der Waals surface area contributed by atoms with Crippen molar-refractivity contribution in [2.45, 2.75) is 59.4 Å². The highest BCUT2D eigenvalue weighted by Gasteiger charge is 2.39. The second-order valence-corrected chi connectivity index (χ2v) is 7.18. The third-order valence-electron chi connectivity index (χ3n) is 2.43. The predicted molar refractivity (Wildman–Crippen MR) is 81.1 cm³/mol. The number of rotatable bonds is 11. The van der Waals surface area contributed by atoms with E-state index in [1.165, 1.54) is 19.3 Å². The van der Waals surface area contributed by atoms with Gasteiger partial charge in [-0.25, -0.2) is 4.21 Å². The van der Waals surface area contributed by atoms with Crippen molar-refractivity contribution in [3.8, 4) is 0 Å². The summed E-state index contributed by atoms with van der Waals surface area (Å²) in [5.41, 5.74) is 0. The van der Waals surface area contributed by atoms with E-state index in [1.807, 2.05) is 20.8 Å². The van der Waals surface area contributed by atoms with Crippen LogP contribution in [0, 0.1) is 0 Å². The highest BCUT2D eigenvalue weighted by Crippen LogP contribution is 2.20. The van der Waals surface area contributed by atoms with E-state index in [2.05, 4.69) is 6.92 Å². The van der Waals surface area contributed by atoms with Crippen LogP contribution in [0.1, 0.15) is 53.4 Å². The molecule has 0 aliphatic heterocycles. The van der Waals surface area contributed by atoms with Crippen LogP contribution in [0.25, 0.3) is 0 Å². The standard InChI is InChI=1S/C12H28O3Si.H2O3S/c1-5-9-10-11-12-16(13-6-2,14-7-3)15-8-4;1-4(2)3/h5-12H2,1-4H3;(H2,1,2,3)/p-1. The first-order valence-corrected chi connectivity index (χ1v) is 10.1. The second kappa shape index (κ2) is 15.6. The number of unbranched alkanes of at least 4 members (excludes halogenated alkanes) is 3. The molecule has 0 amide bonds. The van der Waals surface area contributed by atoms with Crippen LogP contribution < -0.4 is 0 Å². The molecule has 0 bridgehead atoms. The fraction of sp³-hybridized carbons (Fsp3) is 1.00. The summed E-state index contributed by atoms with van der Waals surface area (Å²) < 4.78 is 41.4. The quantitative estimate of drug-likeness (QED) is 0.356. The largest absolute Gasteiger partial charge is 0.750 e. The van der Waals surface area contributed by atoms with Crippen molar-refractivity contribution < 1.29 is 26.6 Å². The van der Waals surface area contributed by atoms with Gasteiger partial charge >= 0.3 is 8.80 Å². The molecule has 0 aromatic rings. The Balaban J connectivity index is 0. The van der Waals surface area contributed by atoms with Crippen LogP contribution >= 0.6 is 0 Å². The van der Waals surface area contributed by atoms with Crippen LogP contribution in [-0.4, -0.2) is 41.9 Å². The molecule has 0 heterocycles. The minimum absolute atomic E-state index is 0.681. The van der Waals surface area contributed by atoms with Crippen LogP contribution in [0.3, 0.4) is 0 Å². The van der Waals surface area contributed by atoms with E-state index >= 15 is 0 Å². The van der Waals surface area contributed by atoms with E-state index in [9.17, 15) is 0 Å². The fourth-order valence-corrected chi connectivity index (χ4v) is 4.46. The highest BCUT2D eigenvalue weighted by atomic mass is 32.2. The molecule has 0 aliphatic rings. The molecule has 20 heavy (non-hydrogen) atoms. The maximum Gasteiger partial charge on any atom is 0.500 e. The molecule has 0 fully saturated rings. The third-order valence-corrected chi connectivity index (χ3v) is 5.58. The Morgan fingerprint density at radius 3 is 1.65 bits per heavy atom. The lowest BCUT2D eigenvalue weighted by atomic mass is 10.2. The zero-order valence-electron chi connectivity index (χ0n) is 13.1. The molecule has 0 saturated heterocycles. The minimum Gasteiger partial charge on any atom is -0.750 e. The monoisotopic (exact) mass is 329 g/mol. The first-order valence-electron chi connectivity index (χ1n) is 7.18. The van der Waals surface area contributed by atoms with Gasteiger partial charge in [0.05, 0.1) is 11.4 Å². The van der Waals surface area contributed by atoms with E-state index in [0.29, 0.717) is 19.8 Å². The average Bonchev–Trinajstić information content (AvgIpc) is 2.35. The van der Waals surface area contributed by atoms with Gasteiger partial charge in [0.2, 0.25) is 0 Å². The molecule has 6 nitrogen and oxygen atoms in total. The van der Waals surface area contributed by atoms with Crippen molar-refractivity contribution in [3.05, 3.63) is 0 Å². The van der Waals surface area contributed by atoms with Gasteiger partial charge in [0, 0.05) is 25.9 Å². The lowest BCUT2D eigenvalue weighted by Gasteiger charge is -2.28. The molecular formula is C12H29O6SSi-. The summed E-state index contributed by atoms with van der Waals surface area (Å²) >= 11 is -2.86. The van der Waals surface area contributed by atoms with Crippen molar-refractivity contribution in [1.29, 1.82) is 0 Å². The van der Waals surface area contributed by atoms with Gasteiger partial charge in [-0.1, -0.05) is 26.2 Å². The smallest absolute Gasteiger partial charge is 0.500 e. The molecule has 1 atom stereocenters. The van der Waals surface area contributed by atoms with Gasteiger partial charge in [-0.3, -0.25) is 0 Å². The van der Waals surface area contributed by atoms with E-state index in [4.69, 9.17) is 26.6 Å². The molecule has 1 unspecified atom stereocenters. The van der Waals surface area contributed by atoms with Gasteiger partial charge in [-0.15, -0.1) is 0 Å².